The van der Waals surface area contributed by atoms with Gasteiger partial charge in [0.1, 0.15) is 0 Å². The second kappa shape index (κ2) is 7.53. The summed E-state index contributed by atoms with van der Waals surface area (Å²) in [5.41, 5.74) is 3.99. The number of carbonyl (C=O) groups excluding carboxylic acids is 1. The first-order chi connectivity index (χ1) is 14.8. The molecule has 0 fully saturated rings. The van der Waals surface area contributed by atoms with E-state index in [0.29, 0.717) is 6.54 Å². The summed E-state index contributed by atoms with van der Waals surface area (Å²) in [6.07, 6.45) is 0. The van der Waals surface area contributed by atoms with Crippen LogP contribution in [0.25, 0.3) is 0 Å². The fourth-order valence-corrected chi connectivity index (χ4v) is 4.31. The van der Waals surface area contributed by atoms with E-state index in [4.69, 9.17) is 0 Å². The van der Waals surface area contributed by atoms with Crippen LogP contribution in [0.4, 0.5) is 5.69 Å². The summed E-state index contributed by atoms with van der Waals surface area (Å²) < 4.78 is 0. The van der Waals surface area contributed by atoms with Crippen LogP contribution < -0.4 is 5.32 Å². The highest BCUT2D eigenvalue weighted by molar-refractivity contribution is 6.01. The van der Waals surface area contributed by atoms with Crippen LogP contribution in [-0.2, 0) is 12.2 Å². The Balaban J connectivity index is 1.74. The predicted octanol–water partition coefficient (Wildman–Crippen LogP) is 5.66. The van der Waals surface area contributed by atoms with Crippen LogP contribution in [0.5, 0.6) is 0 Å². The van der Waals surface area contributed by atoms with E-state index in [1.54, 1.807) is 0 Å². The van der Waals surface area contributed by atoms with Gasteiger partial charge in [-0.2, -0.15) is 0 Å². The summed E-state index contributed by atoms with van der Waals surface area (Å²) >= 11 is 0. The van der Waals surface area contributed by atoms with Gasteiger partial charge >= 0.3 is 0 Å². The number of nitrogens with zero attached hydrogens (tertiary/aromatic N) is 1. The quantitative estimate of drug-likeness (QED) is 0.477. The lowest BCUT2D eigenvalue weighted by molar-refractivity contribution is 0.0642. The molecule has 5 rings (SSSR count). The Morgan fingerprint density at radius 1 is 0.667 bits per heavy atom. The maximum Gasteiger partial charge on any atom is 0.256 e. The van der Waals surface area contributed by atoms with Crippen molar-refractivity contribution in [2.75, 3.05) is 5.32 Å². The van der Waals surface area contributed by atoms with Crippen LogP contribution in [0, 0.1) is 0 Å². The number of hydrogen-bond acceptors (Lipinski definition) is 2. The van der Waals surface area contributed by atoms with Crippen LogP contribution in [0.1, 0.15) is 27.0 Å². The molecule has 3 nitrogen and oxygen atoms in total. The van der Waals surface area contributed by atoms with Gasteiger partial charge in [0.2, 0.25) is 0 Å². The van der Waals surface area contributed by atoms with E-state index in [9.17, 15) is 4.79 Å². The summed E-state index contributed by atoms with van der Waals surface area (Å²) in [5.74, 6) is 0.0294. The van der Waals surface area contributed by atoms with Gasteiger partial charge in [0.25, 0.3) is 5.91 Å². The van der Waals surface area contributed by atoms with E-state index in [1.807, 2.05) is 89.8 Å². The van der Waals surface area contributed by atoms with Crippen molar-refractivity contribution in [2.45, 2.75) is 12.2 Å². The van der Waals surface area contributed by atoms with Gasteiger partial charge < -0.3 is 10.2 Å². The molecule has 0 saturated heterocycles. The van der Waals surface area contributed by atoms with Gasteiger partial charge in [0, 0.05) is 28.9 Å². The standard InChI is InChI=1S/C27H22N2O/c30-26-24-18-10-11-19-25(24)27(22-14-6-2-7-15-22,28-23-16-8-3-9-17-23)29(26)20-21-12-4-1-5-13-21/h1-19,28H,20H2. The van der Waals surface area contributed by atoms with Crippen molar-refractivity contribution in [2.24, 2.45) is 0 Å². The molecule has 0 bridgehead atoms. The number of amides is 1. The van der Waals surface area contributed by atoms with E-state index >= 15 is 0 Å². The average Bonchev–Trinajstić information content (AvgIpc) is 3.05. The minimum atomic E-state index is -0.799. The Morgan fingerprint density at radius 2 is 1.23 bits per heavy atom. The first-order valence-corrected chi connectivity index (χ1v) is 10.1. The number of benzene rings is 4. The topological polar surface area (TPSA) is 32.3 Å². The molecular weight excluding hydrogens is 368 g/mol. The second-order valence-corrected chi connectivity index (χ2v) is 7.49. The highest BCUT2D eigenvalue weighted by atomic mass is 16.2. The monoisotopic (exact) mass is 390 g/mol. The summed E-state index contributed by atoms with van der Waals surface area (Å²) in [6.45, 7) is 0.503. The van der Waals surface area contributed by atoms with Crippen molar-refractivity contribution in [3.05, 3.63) is 138 Å². The Bertz CT molecular complexity index is 1160. The van der Waals surface area contributed by atoms with Gasteiger partial charge in [-0.1, -0.05) is 97.1 Å². The molecule has 146 valence electrons. The van der Waals surface area contributed by atoms with Crippen molar-refractivity contribution in [3.8, 4) is 0 Å². The molecule has 1 heterocycles. The minimum absolute atomic E-state index is 0.0294. The van der Waals surface area contributed by atoms with Crippen LogP contribution >= 0.6 is 0 Å². The van der Waals surface area contributed by atoms with Gasteiger partial charge in [0.05, 0.1) is 0 Å². The number of anilines is 1. The highest BCUT2D eigenvalue weighted by Crippen LogP contribution is 2.45. The van der Waals surface area contributed by atoms with Gasteiger partial charge in [-0.3, -0.25) is 4.79 Å². The number of nitrogens with one attached hydrogen (secondary N) is 1. The summed E-state index contributed by atoms with van der Waals surface area (Å²) in [4.78, 5) is 15.6. The molecule has 1 aliphatic rings. The predicted molar refractivity (Wildman–Crippen MR) is 120 cm³/mol. The normalized spacial score (nSPS) is 17.6. The zero-order valence-electron chi connectivity index (χ0n) is 16.5. The molecule has 1 aliphatic heterocycles. The average molecular weight is 390 g/mol. The van der Waals surface area contributed by atoms with Crippen LogP contribution in [0.15, 0.2) is 115 Å². The lowest BCUT2D eigenvalue weighted by atomic mass is 9.90. The third-order valence-electron chi connectivity index (χ3n) is 5.67. The molecule has 4 aromatic carbocycles. The van der Waals surface area contributed by atoms with Gasteiger partial charge in [-0.05, 0) is 23.8 Å². The van der Waals surface area contributed by atoms with Crippen molar-refractivity contribution in [3.63, 3.8) is 0 Å². The molecular formula is C27H22N2O. The van der Waals surface area contributed by atoms with Crippen molar-refractivity contribution >= 4 is 11.6 Å². The fraction of sp³-hybridized carbons (Fsp3) is 0.0741. The summed E-state index contributed by atoms with van der Waals surface area (Å²) in [7, 11) is 0. The maximum absolute atomic E-state index is 13.7. The Kier molecular flexibility index (Phi) is 4.56. The fourth-order valence-electron chi connectivity index (χ4n) is 4.31. The molecule has 30 heavy (non-hydrogen) atoms. The summed E-state index contributed by atoms with van der Waals surface area (Å²) in [6, 6.07) is 38.4. The van der Waals surface area contributed by atoms with Crippen molar-refractivity contribution in [1.29, 1.82) is 0 Å². The Morgan fingerprint density at radius 3 is 1.93 bits per heavy atom. The van der Waals surface area contributed by atoms with Crippen molar-refractivity contribution < 1.29 is 4.79 Å². The molecule has 3 heteroatoms. The SMILES string of the molecule is O=C1c2ccccc2C(Nc2ccccc2)(c2ccccc2)N1Cc1ccccc1. The molecule has 1 amide bonds. The smallest absolute Gasteiger partial charge is 0.256 e. The van der Waals surface area contributed by atoms with E-state index in [-0.39, 0.29) is 5.91 Å². The van der Waals surface area contributed by atoms with E-state index in [2.05, 4.69) is 35.6 Å². The molecule has 1 atom stereocenters. The molecule has 1 N–H and O–H groups in total. The lowest BCUT2D eigenvalue weighted by Crippen LogP contribution is -2.50. The zero-order valence-corrected chi connectivity index (χ0v) is 16.5. The molecule has 4 aromatic rings. The number of rotatable bonds is 5. The third-order valence-corrected chi connectivity index (χ3v) is 5.67. The maximum atomic E-state index is 13.7. The van der Waals surface area contributed by atoms with Crippen molar-refractivity contribution in [1.82, 2.24) is 4.90 Å². The first-order valence-electron chi connectivity index (χ1n) is 10.1. The second-order valence-electron chi connectivity index (χ2n) is 7.49. The Hall–Kier alpha value is -3.85. The molecule has 0 radical (unpaired) electrons. The van der Waals surface area contributed by atoms with Crippen LogP contribution in [-0.4, -0.2) is 10.8 Å². The molecule has 0 aliphatic carbocycles. The van der Waals surface area contributed by atoms with Crippen LogP contribution in [0.2, 0.25) is 0 Å². The van der Waals surface area contributed by atoms with E-state index in [0.717, 1.165) is 27.9 Å². The van der Waals surface area contributed by atoms with E-state index in [1.165, 1.54) is 0 Å². The van der Waals surface area contributed by atoms with Gasteiger partial charge in [-0.25, -0.2) is 0 Å². The minimum Gasteiger partial charge on any atom is -0.355 e. The van der Waals surface area contributed by atoms with Crippen LogP contribution in [0.3, 0.4) is 0 Å². The lowest BCUT2D eigenvalue weighted by Gasteiger charge is -2.41. The largest absolute Gasteiger partial charge is 0.355 e. The third kappa shape index (κ3) is 2.96. The molecule has 0 saturated carbocycles. The van der Waals surface area contributed by atoms with Gasteiger partial charge in [0.15, 0.2) is 5.66 Å². The zero-order chi connectivity index (χ0) is 20.4. The number of para-hydroxylation sites is 1. The number of hydrogen-bond donors (Lipinski definition) is 1. The molecule has 1 unspecified atom stereocenters. The highest BCUT2D eigenvalue weighted by Gasteiger charge is 2.50. The summed E-state index contributed by atoms with van der Waals surface area (Å²) in [5, 5.41) is 3.73. The molecule has 0 spiro atoms. The number of carbonyl (C=O) groups is 1. The Labute approximate surface area is 176 Å². The molecule has 0 aromatic heterocycles. The van der Waals surface area contributed by atoms with E-state index < -0.39 is 5.66 Å². The first kappa shape index (κ1) is 18.2. The van der Waals surface area contributed by atoms with Gasteiger partial charge in [-0.15, -0.1) is 0 Å². The number of fused-ring (bicyclic) bond motifs is 1.